The second-order valence-electron chi connectivity index (χ2n) is 10.9. The number of hydrogen-bond acceptors (Lipinski definition) is 7. The van der Waals surface area contributed by atoms with Crippen LogP contribution in [-0.4, -0.2) is 74.6 Å². The third kappa shape index (κ3) is 5.93. The minimum atomic E-state index is -2.08. The lowest BCUT2D eigenvalue weighted by Crippen LogP contribution is -2.60. The van der Waals surface area contributed by atoms with Crippen LogP contribution in [0.3, 0.4) is 0 Å². The maximum absolute atomic E-state index is 13.2. The van der Waals surface area contributed by atoms with E-state index in [0.717, 1.165) is 18.8 Å². The van der Waals surface area contributed by atoms with Crippen LogP contribution >= 0.6 is 0 Å². The number of piperidine rings is 1. The third-order valence-electron chi connectivity index (χ3n) is 7.13. The molecule has 2 aliphatic heterocycles. The molecule has 0 bridgehead atoms. The van der Waals surface area contributed by atoms with Crippen LogP contribution in [0.5, 0.6) is 0 Å². The zero-order chi connectivity index (χ0) is 24.4. The van der Waals surface area contributed by atoms with Crippen molar-refractivity contribution in [3.63, 3.8) is 0 Å². The Bertz CT molecular complexity index is 862. The van der Waals surface area contributed by atoms with Crippen molar-refractivity contribution in [2.24, 2.45) is 5.73 Å². The van der Waals surface area contributed by atoms with Crippen molar-refractivity contribution in [3.8, 4) is 6.07 Å². The van der Waals surface area contributed by atoms with E-state index in [1.165, 1.54) is 0 Å². The molecule has 2 aliphatic rings. The number of nitriles is 1. The van der Waals surface area contributed by atoms with Gasteiger partial charge in [0, 0.05) is 38.3 Å². The normalized spacial score (nSPS) is 25.3. The van der Waals surface area contributed by atoms with Crippen molar-refractivity contribution < 1.29 is 14.0 Å². The van der Waals surface area contributed by atoms with E-state index < -0.39 is 14.4 Å². The molecule has 0 aromatic carbocycles. The number of amides is 1. The summed E-state index contributed by atoms with van der Waals surface area (Å²) in [6.45, 7) is 15.6. The van der Waals surface area contributed by atoms with Crippen LogP contribution < -0.4 is 10.6 Å². The predicted molar refractivity (Wildman–Crippen MR) is 131 cm³/mol. The molecule has 2 fully saturated rings. The van der Waals surface area contributed by atoms with Crippen molar-refractivity contribution in [1.82, 2.24) is 9.88 Å². The number of nitrogens with zero attached hydrogens (tertiary/aromatic N) is 4. The third-order valence-corrected chi connectivity index (χ3v) is 11.6. The molecule has 0 aliphatic carbocycles. The Morgan fingerprint density at radius 1 is 1.30 bits per heavy atom. The highest BCUT2D eigenvalue weighted by atomic mass is 28.4. The summed E-state index contributed by atoms with van der Waals surface area (Å²) in [6, 6.07) is 5.72. The van der Waals surface area contributed by atoms with Gasteiger partial charge in [-0.25, -0.2) is 4.98 Å². The number of pyridine rings is 1. The van der Waals surface area contributed by atoms with Crippen LogP contribution in [0.25, 0.3) is 0 Å². The highest BCUT2D eigenvalue weighted by Crippen LogP contribution is 2.39. The van der Waals surface area contributed by atoms with Crippen molar-refractivity contribution in [1.29, 1.82) is 5.26 Å². The lowest BCUT2D eigenvalue weighted by molar-refractivity contribution is -0.141. The summed E-state index contributed by atoms with van der Waals surface area (Å²) in [5.74, 6) is 0.886. The smallest absolute Gasteiger partial charge is 0.252 e. The Labute approximate surface area is 199 Å². The molecular formula is C24H39N5O3Si. The van der Waals surface area contributed by atoms with Gasteiger partial charge in [-0.15, -0.1) is 0 Å². The Morgan fingerprint density at radius 2 is 2.03 bits per heavy atom. The fourth-order valence-electron chi connectivity index (χ4n) is 4.21. The molecule has 9 heteroatoms. The van der Waals surface area contributed by atoms with Crippen LogP contribution in [0.1, 0.15) is 46.1 Å². The Morgan fingerprint density at radius 3 is 2.61 bits per heavy atom. The number of rotatable bonds is 7. The number of aromatic nitrogens is 1. The van der Waals surface area contributed by atoms with E-state index in [9.17, 15) is 4.79 Å². The molecule has 3 rings (SSSR count). The number of likely N-dealkylation sites (tertiary alicyclic amines) is 1. The Hall–Kier alpha value is -1.99. The number of anilines is 1. The number of carbonyl (C=O) groups is 1. The van der Waals surface area contributed by atoms with Gasteiger partial charge in [-0.05, 0) is 43.6 Å². The Kier molecular flexibility index (Phi) is 7.84. The summed E-state index contributed by atoms with van der Waals surface area (Å²) in [4.78, 5) is 21.9. The Balaban J connectivity index is 1.80. The largest absolute Gasteiger partial charge is 0.410 e. The number of carbonyl (C=O) groups excluding carboxylic acids is 1. The summed E-state index contributed by atoms with van der Waals surface area (Å²) in [7, 11) is -2.08. The molecular weight excluding hydrogens is 434 g/mol. The molecule has 182 valence electrons. The van der Waals surface area contributed by atoms with Gasteiger partial charge < -0.3 is 24.7 Å². The van der Waals surface area contributed by atoms with Gasteiger partial charge in [-0.1, -0.05) is 20.8 Å². The van der Waals surface area contributed by atoms with Crippen LogP contribution in [0.2, 0.25) is 18.1 Å². The second kappa shape index (κ2) is 10.1. The van der Waals surface area contributed by atoms with Gasteiger partial charge in [-0.3, -0.25) is 4.79 Å². The van der Waals surface area contributed by atoms with Gasteiger partial charge in [0.2, 0.25) is 0 Å². The fraction of sp³-hybridized carbons (Fsp3) is 0.708. The zero-order valence-electron chi connectivity index (χ0n) is 20.9. The first kappa shape index (κ1) is 25.6. The highest BCUT2D eigenvalue weighted by molar-refractivity contribution is 6.74. The van der Waals surface area contributed by atoms with Crippen LogP contribution in [0.4, 0.5) is 5.82 Å². The van der Waals surface area contributed by atoms with Crippen molar-refractivity contribution in [2.45, 2.75) is 83.0 Å². The summed E-state index contributed by atoms with van der Waals surface area (Å²) >= 11 is 0. The van der Waals surface area contributed by atoms with E-state index in [1.54, 1.807) is 12.3 Å². The van der Waals surface area contributed by atoms with Crippen molar-refractivity contribution in [2.75, 3.05) is 31.1 Å². The maximum Gasteiger partial charge on any atom is 0.252 e. The van der Waals surface area contributed by atoms with Gasteiger partial charge in [0.1, 0.15) is 18.0 Å². The summed E-state index contributed by atoms with van der Waals surface area (Å²) in [6.07, 6.45) is 2.56. The second-order valence-corrected chi connectivity index (χ2v) is 15.6. The van der Waals surface area contributed by atoms with E-state index in [1.807, 2.05) is 17.9 Å². The zero-order valence-corrected chi connectivity index (χ0v) is 21.9. The molecule has 0 saturated carbocycles. The summed E-state index contributed by atoms with van der Waals surface area (Å²) in [5, 5.41) is 9.14. The lowest BCUT2D eigenvalue weighted by Gasteiger charge is -2.48. The molecule has 2 N–H and O–H groups in total. The molecule has 3 heterocycles. The SMILES string of the molecule is CC(N)COC1CCN([C@@H]2CCN(c3ccc(C#N)cn3)C[C@H]2O[Si](C)(C)C(C)(C)C)C1=O. The van der Waals surface area contributed by atoms with E-state index >= 15 is 0 Å². The molecule has 1 aromatic heterocycles. The van der Waals surface area contributed by atoms with Gasteiger partial charge >= 0.3 is 0 Å². The number of nitrogens with two attached hydrogens (primary N) is 1. The van der Waals surface area contributed by atoms with Gasteiger partial charge in [0.05, 0.1) is 24.3 Å². The van der Waals surface area contributed by atoms with E-state index in [-0.39, 0.29) is 29.1 Å². The predicted octanol–water partition coefficient (Wildman–Crippen LogP) is 2.89. The molecule has 33 heavy (non-hydrogen) atoms. The average Bonchev–Trinajstić information content (AvgIpc) is 3.11. The molecule has 2 saturated heterocycles. The molecule has 2 unspecified atom stereocenters. The first-order chi connectivity index (χ1) is 15.4. The summed E-state index contributed by atoms with van der Waals surface area (Å²) in [5.41, 5.74) is 6.36. The topological polar surface area (TPSA) is 105 Å². The maximum atomic E-state index is 13.2. The minimum Gasteiger partial charge on any atom is -0.410 e. The average molecular weight is 474 g/mol. The first-order valence-corrected chi connectivity index (χ1v) is 14.8. The van der Waals surface area contributed by atoms with Crippen LogP contribution in [0.15, 0.2) is 18.3 Å². The van der Waals surface area contributed by atoms with Gasteiger partial charge in [0.15, 0.2) is 8.32 Å². The number of hydrogen-bond donors (Lipinski definition) is 1. The fourth-order valence-corrected chi connectivity index (χ4v) is 5.55. The van der Waals surface area contributed by atoms with Gasteiger partial charge in [0.25, 0.3) is 5.91 Å². The van der Waals surface area contributed by atoms with Gasteiger partial charge in [-0.2, -0.15) is 5.26 Å². The quantitative estimate of drug-likeness (QED) is 0.607. The first-order valence-electron chi connectivity index (χ1n) is 11.9. The van der Waals surface area contributed by atoms with E-state index in [2.05, 4.69) is 49.8 Å². The van der Waals surface area contributed by atoms with E-state index in [0.29, 0.717) is 31.7 Å². The van der Waals surface area contributed by atoms with Crippen LogP contribution in [-0.2, 0) is 14.0 Å². The molecule has 0 spiro atoms. The molecule has 0 radical (unpaired) electrons. The molecule has 8 nitrogen and oxygen atoms in total. The standard InChI is InChI=1S/C24H39N5O3Si/c1-17(26)16-31-20-10-12-29(23(20)30)19-9-11-28(22-8-7-18(13-25)14-27-22)15-21(19)32-33(5,6)24(2,3)4/h7-8,14,17,19-21H,9-12,15-16,26H2,1-6H3/t17?,19-,20?,21-/m1/s1. The molecule has 1 aromatic rings. The molecule has 4 atom stereocenters. The lowest BCUT2D eigenvalue weighted by atomic mass is 10.00. The number of ether oxygens (including phenoxy) is 1. The molecule has 1 amide bonds. The minimum absolute atomic E-state index is 0.00477. The van der Waals surface area contributed by atoms with Crippen LogP contribution in [0, 0.1) is 11.3 Å². The van der Waals surface area contributed by atoms with Crippen molar-refractivity contribution in [3.05, 3.63) is 23.9 Å². The van der Waals surface area contributed by atoms with E-state index in [4.69, 9.17) is 20.2 Å². The summed E-state index contributed by atoms with van der Waals surface area (Å²) < 4.78 is 12.7. The highest BCUT2D eigenvalue weighted by Gasteiger charge is 2.46. The van der Waals surface area contributed by atoms with Crippen molar-refractivity contribution >= 4 is 20.0 Å². The monoisotopic (exact) mass is 473 g/mol.